The molecule has 1 N–H and O–H groups in total. The Balaban J connectivity index is 1.35. The van der Waals surface area contributed by atoms with Crippen molar-refractivity contribution in [3.63, 3.8) is 0 Å². The molecule has 6 rings (SSSR count). The molecule has 3 fully saturated rings. The first-order chi connectivity index (χ1) is 18.4. The SMILES string of the molecule is CCC12OC(CCOc3ccc(C#N)cc3)(CC1O)C1C(=O)N(c3ccc4ccccc4c3C#N)C(=O)C12. The Hall–Kier alpha value is -4.24. The fourth-order valence-corrected chi connectivity index (χ4v) is 6.75. The van der Waals surface area contributed by atoms with Crippen LogP contribution in [0, 0.1) is 34.5 Å². The summed E-state index contributed by atoms with van der Waals surface area (Å²) in [6, 6.07) is 21.8. The average molecular weight is 508 g/mol. The molecule has 5 atom stereocenters. The predicted molar refractivity (Wildman–Crippen MR) is 137 cm³/mol. The van der Waals surface area contributed by atoms with E-state index < -0.39 is 41.0 Å². The molecular weight excluding hydrogens is 482 g/mol. The number of fused-ring (bicyclic) bond motifs is 6. The van der Waals surface area contributed by atoms with Crippen molar-refractivity contribution in [3.8, 4) is 17.9 Å². The van der Waals surface area contributed by atoms with Gasteiger partial charge in [0, 0.05) is 18.2 Å². The van der Waals surface area contributed by atoms with Gasteiger partial charge in [0.2, 0.25) is 11.8 Å². The number of imide groups is 1. The Morgan fingerprint density at radius 1 is 1.03 bits per heavy atom. The summed E-state index contributed by atoms with van der Waals surface area (Å²) in [6.45, 7) is 2.05. The minimum absolute atomic E-state index is 0.197. The highest BCUT2D eigenvalue weighted by Gasteiger charge is 2.78. The molecule has 8 nitrogen and oxygen atoms in total. The van der Waals surface area contributed by atoms with E-state index >= 15 is 0 Å². The smallest absolute Gasteiger partial charge is 0.240 e. The monoisotopic (exact) mass is 507 g/mol. The van der Waals surface area contributed by atoms with Crippen LogP contribution in [0.25, 0.3) is 10.8 Å². The van der Waals surface area contributed by atoms with Crippen molar-refractivity contribution in [2.45, 2.75) is 43.5 Å². The summed E-state index contributed by atoms with van der Waals surface area (Å²) in [6.07, 6.45) is -0.0345. The molecule has 2 amide bonds. The van der Waals surface area contributed by atoms with Crippen LogP contribution in [0.4, 0.5) is 5.69 Å². The molecule has 3 aromatic rings. The van der Waals surface area contributed by atoms with Crippen LogP contribution in [0.15, 0.2) is 60.7 Å². The predicted octanol–water partition coefficient (Wildman–Crippen LogP) is 3.84. The summed E-state index contributed by atoms with van der Waals surface area (Å²) in [7, 11) is 0. The zero-order valence-corrected chi connectivity index (χ0v) is 20.8. The van der Waals surface area contributed by atoms with E-state index in [4.69, 9.17) is 14.7 Å². The normalized spacial score (nSPS) is 29.4. The first-order valence-electron chi connectivity index (χ1n) is 12.7. The summed E-state index contributed by atoms with van der Waals surface area (Å²) < 4.78 is 12.4. The number of aliphatic hydroxyl groups is 1. The van der Waals surface area contributed by atoms with Gasteiger partial charge in [-0.25, -0.2) is 4.90 Å². The second-order valence-corrected chi connectivity index (χ2v) is 10.2. The molecule has 3 aliphatic rings. The Kier molecular flexibility index (Phi) is 5.50. The van der Waals surface area contributed by atoms with E-state index in [1.807, 2.05) is 25.1 Å². The standard InChI is InChI=1S/C30H25N3O5/c1-2-30-24(34)15-29(38-30,13-14-37-20-10-7-18(16-31)8-11-20)25-26(30)28(36)33(27(25)35)23-12-9-19-5-3-4-6-21(19)22(23)17-32/h3-12,24-26,34H,2,13-15H2,1H3. The highest BCUT2D eigenvalue weighted by molar-refractivity contribution is 6.24. The number of nitrogens with zero attached hydrogens (tertiary/aromatic N) is 3. The van der Waals surface area contributed by atoms with Crippen molar-refractivity contribution in [2.24, 2.45) is 11.8 Å². The quantitative estimate of drug-likeness (QED) is 0.503. The third-order valence-corrected chi connectivity index (χ3v) is 8.49. The number of carbonyl (C=O) groups excluding carboxylic acids is 2. The second kappa shape index (κ2) is 8.66. The van der Waals surface area contributed by atoms with Crippen LogP contribution in [0.3, 0.4) is 0 Å². The zero-order valence-electron chi connectivity index (χ0n) is 20.8. The first-order valence-corrected chi connectivity index (χ1v) is 12.7. The molecule has 38 heavy (non-hydrogen) atoms. The van der Waals surface area contributed by atoms with Crippen molar-refractivity contribution >= 4 is 28.3 Å². The number of anilines is 1. The number of amides is 2. The van der Waals surface area contributed by atoms with Crippen molar-refractivity contribution in [1.82, 2.24) is 0 Å². The third-order valence-electron chi connectivity index (χ3n) is 8.49. The van der Waals surface area contributed by atoms with Crippen LogP contribution in [0.2, 0.25) is 0 Å². The van der Waals surface area contributed by atoms with E-state index in [0.29, 0.717) is 29.5 Å². The Labute approximate surface area is 219 Å². The van der Waals surface area contributed by atoms with Gasteiger partial charge in [0.25, 0.3) is 0 Å². The van der Waals surface area contributed by atoms with E-state index in [2.05, 4.69) is 12.1 Å². The third kappa shape index (κ3) is 3.21. The lowest BCUT2D eigenvalue weighted by atomic mass is 9.64. The number of benzene rings is 3. The number of nitriles is 2. The van der Waals surface area contributed by atoms with Crippen molar-refractivity contribution in [2.75, 3.05) is 11.5 Å². The summed E-state index contributed by atoms with van der Waals surface area (Å²) in [4.78, 5) is 29.1. The van der Waals surface area contributed by atoms with Crippen molar-refractivity contribution in [3.05, 3.63) is 71.8 Å². The van der Waals surface area contributed by atoms with Gasteiger partial charge in [-0.1, -0.05) is 37.3 Å². The zero-order chi connectivity index (χ0) is 26.7. The maximum atomic E-state index is 14.0. The maximum absolute atomic E-state index is 14.0. The van der Waals surface area contributed by atoms with Crippen LogP contribution in [0.1, 0.15) is 37.3 Å². The number of aliphatic hydroxyl groups excluding tert-OH is 1. The van der Waals surface area contributed by atoms with Gasteiger partial charge in [-0.15, -0.1) is 0 Å². The number of rotatable bonds is 6. The van der Waals surface area contributed by atoms with Gasteiger partial charge in [-0.2, -0.15) is 10.5 Å². The Morgan fingerprint density at radius 2 is 1.76 bits per heavy atom. The van der Waals surface area contributed by atoms with Crippen LogP contribution in [-0.4, -0.2) is 40.8 Å². The van der Waals surface area contributed by atoms with Crippen LogP contribution in [0.5, 0.6) is 5.75 Å². The second-order valence-electron chi connectivity index (χ2n) is 10.2. The van der Waals surface area contributed by atoms with Crippen LogP contribution < -0.4 is 9.64 Å². The topological polar surface area (TPSA) is 124 Å². The summed E-state index contributed by atoms with van der Waals surface area (Å²) in [5.74, 6) is -1.92. The number of hydrogen-bond acceptors (Lipinski definition) is 7. The van der Waals surface area contributed by atoms with E-state index in [0.717, 1.165) is 10.3 Å². The van der Waals surface area contributed by atoms with E-state index in [9.17, 15) is 20.0 Å². The van der Waals surface area contributed by atoms with Gasteiger partial charge in [-0.05, 0) is 42.1 Å². The van der Waals surface area contributed by atoms with E-state index in [1.165, 1.54) is 0 Å². The van der Waals surface area contributed by atoms with Gasteiger partial charge in [-0.3, -0.25) is 9.59 Å². The highest BCUT2D eigenvalue weighted by Crippen LogP contribution is 2.63. The molecule has 3 heterocycles. The molecule has 3 aromatic carbocycles. The van der Waals surface area contributed by atoms with E-state index in [1.54, 1.807) is 42.5 Å². The minimum Gasteiger partial charge on any atom is -0.493 e. The molecule has 3 aliphatic heterocycles. The molecule has 5 unspecified atom stereocenters. The molecular formula is C30H25N3O5. The van der Waals surface area contributed by atoms with E-state index in [-0.39, 0.29) is 24.3 Å². The lowest BCUT2D eigenvalue weighted by Gasteiger charge is -2.34. The number of carbonyl (C=O) groups is 2. The molecule has 0 aliphatic carbocycles. The number of ether oxygens (including phenoxy) is 2. The summed E-state index contributed by atoms with van der Waals surface area (Å²) in [5.41, 5.74) is -1.20. The lowest BCUT2D eigenvalue weighted by molar-refractivity contribution is -0.137. The fraction of sp³-hybridized carbons (Fsp3) is 0.333. The van der Waals surface area contributed by atoms with Crippen molar-refractivity contribution in [1.29, 1.82) is 10.5 Å². The lowest BCUT2D eigenvalue weighted by Crippen LogP contribution is -2.51. The Bertz CT molecular complexity index is 1550. The van der Waals surface area contributed by atoms with Crippen molar-refractivity contribution < 1.29 is 24.2 Å². The molecule has 0 spiro atoms. The fourth-order valence-electron chi connectivity index (χ4n) is 6.75. The summed E-state index contributed by atoms with van der Waals surface area (Å²) >= 11 is 0. The molecule has 3 saturated heterocycles. The Morgan fingerprint density at radius 3 is 2.47 bits per heavy atom. The molecule has 0 aromatic heterocycles. The minimum atomic E-state index is -1.18. The van der Waals surface area contributed by atoms with Crippen LogP contribution >= 0.6 is 0 Å². The van der Waals surface area contributed by atoms with Gasteiger partial charge >= 0.3 is 0 Å². The molecule has 190 valence electrons. The van der Waals surface area contributed by atoms with Gasteiger partial charge < -0.3 is 14.6 Å². The van der Waals surface area contributed by atoms with Gasteiger partial charge in [0.1, 0.15) is 17.4 Å². The molecule has 8 heteroatoms. The molecule has 0 saturated carbocycles. The van der Waals surface area contributed by atoms with Crippen LogP contribution in [-0.2, 0) is 14.3 Å². The molecule has 2 bridgehead atoms. The maximum Gasteiger partial charge on any atom is 0.240 e. The first kappa shape index (κ1) is 24.1. The highest BCUT2D eigenvalue weighted by atomic mass is 16.6. The summed E-state index contributed by atoms with van der Waals surface area (Å²) in [5, 5.41) is 31.7. The average Bonchev–Trinajstić information content (AvgIpc) is 3.51. The van der Waals surface area contributed by atoms with Gasteiger partial charge in [0.15, 0.2) is 0 Å². The number of hydrogen-bond donors (Lipinski definition) is 1. The molecule has 0 radical (unpaired) electrons. The van der Waals surface area contributed by atoms with Gasteiger partial charge in [0.05, 0.1) is 53.0 Å². The largest absolute Gasteiger partial charge is 0.493 e.